The van der Waals surface area contributed by atoms with E-state index < -0.39 is 12.1 Å². The molecule has 1 aromatic rings. The molecule has 120 valence electrons. The zero-order valence-electron chi connectivity index (χ0n) is 12.5. The Morgan fingerprint density at radius 3 is 2.91 bits per heavy atom. The van der Waals surface area contributed by atoms with E-state index in [2.05, 4.69) is 10.6 Å². The van der Waals surface area contributed by atoms with Gasteiger partial charge in [0.25, 0.3) is 0 Å². The van der Waals surface area contributed by atoms with Gasteiger partial charge in [-0.15, -0.1) is 0 Å². The van der Waals surface area contributed by atoms with Gasteiger partial charge in [0.05, 0.1) is 18.9 Å². The number of aliphatic hydroxyl groups is 1. The molecule has 1 atom stereocenters. The van der Waals surface area contributed by atoms with E-state index in [1.807, 2.05) is 0 Å². The molecule has 1 fully saturated rings. The lowest BCUT2D eigenvalue weighted by Gasteiger charge is -2.20. The monoisotopic (exact) mass is 307 g/mol. The third-order valence-corrected chi connectivity index (χ3v) is 3.46. The maximum absolute atomic E-state index is 11.8. The Hall–Kier alpha value is -2.28. The number of rotatable bonds is 6. The fraction of sp³-hybridized carbons (Fsp3) is 0.467. The molecular weight excluding hydrogens is 286 g/mol. The van der Waals surface area contributed by atoms with Crippen molar-refractivity contribution in [2.45, 2.75) is 18.9 Å². The van der Waals surface area contributed by atoms with Crippen molar-refractivity contribution in [3.63, 3.8) is 0 Å². The summed E-state index contributed by atoms with van der Waals surface area (Å²) in [6.07, 6.45) is 0.576. The van der Waals surface area contributed by atoms with Crippen LogP contribution in [0.15, 0.2) is 24.3 Å². The lowest BCUT2D eigenvalue weighted by molar-refractivity contribution is -0.128. The lowest BCUT2D eigenvalue weighted by Crippen LogP contribution is -2.41. The predicted molar refractivity (Wildman–Crippen MR) is 81.8 cm³/mol. The van der Waals surface area contributed by atoms with Gasteiger partial charge in [0.1, 0.15) is 5.75 Å². The van der Waals surface area contributed by atoms with Gasteiger partial charge in [0, 0.05) is 26.1 Å². The SMILES string of the molecule is COc1ccccc1NC(=O)NCC(O)CN1CCCC1=O. The average molecular weight is 307 g/mol. The van der Waals surface area contributed by atoms with Crippen molar-refractivity contribution in [3.8, 4) is 5.75 Å². The molecule has 0 radical (unpaired) electrons. The summed E-state index contributed by atoms with van der Waals surface area (Å²) in [5, 5.41) is 15.1. The Labute approximate surface area is 129 Å². The van der Waals surface area contributed by atoms with Crippen LogP contribution in [0.5, 0.6) is 5.75 Å². The van der Waals surface area contributed by atoms with E-state index in [9.17, 15) is 14.7 Å². The summed E-state index contributed by atoms with van der Waals surface area (Å²) in [4.78, 5) is 24.9. The molecule has 3 N–H and O–H groups in total. The van der Waals surface area contributed by atoms with Crippen LogP contribution in [0.25, 0.3) is 0 Å². The first-order valence-corrected chi connectivity index (χ1v) is 7.24. The molecule has 3 amide bonds. The van der Waals surface area contributed by atoms with Crippen molar-refractivity contribution in [3.05, 3.63) is 24.3 Å². The molecule has 2 rings (SSSR count). The van der Waals surface area contributed by atoms with Crippen molar-refractivity contribution in [1.82, 2.24) is 10.2 Å². The molecule has 0 saturated carbocycles. The van der Waals surface area contributed by atoms with E-state index in [1.54, 1.807) is 29.2 Å². The summed E-state index contributed by atoms with van der Waals surface area (Å²) >= 11 is 0. The highest BCUT2D eigenvalue weighted by Crippen LogP contribution is 2.22. The Bertz CT molecular complexity index is 535. The Kier molecular flexibility index (Phi) is 5.60. The predicted octanol–water partition coefficient (Wildman–Crippen LogP) is 0.800. The second-order valence-electron chi connectivity index (χ2n) is 5.13. The maximum atomic E-state index is 11.8. The molecule has 0 aromatic heterocycles. The Balaban J connectivity index is 1.76. The quantitative estimate of drug-likeness (QED) is 0.725. The number of benzene rings is 1. The normalized spacial score (nSPS) is 15.5. The van der Waals surface area contributed by atoms with Gasteiger partial charge in [-0.2, -0.15) is 0 Å². The average Bonchev–Trinajstić information content (AvgIpc) is 2.91. The third kappa shape index (κ3) is 4.36. The van der Waals surface area contributed by atoms with Gasteiger partial charge in [-0.25, -0.2) is 4.79 Å². The molecule has 1 heterocycles. The van der Waals surface area contributed by atoms with E-state index in [-0.39, 0.29) is 19.0 Å². The lowest BCUT2D eigenvalue weighted by atomic mass is 10.3. The molecule has 1 aliphatic rings. The summed E-state index contributed by atoms with van der Waals surface area (Å²) in [6.45, 7) is 0.988. The first-order valence-electron chi connectivity index (χ1n) is 7.24. The highest BCUT2D eigenvalue weighted by atomic mass is 16.5. The number of urea groups is 1. The highest BCUT2D eigenvalue weighted by molar-refractivity contribution is 5.90. The summed E-state index contributed by atoms with van der Waals surface area (Å²) < 4.78 is 5.14. The number of methoxy groups -OCH3 is 1. The molecular formula is C15H21N3O4. The number of nitrogens with one attached hydrogen (secondary N) is 2. The number of carbonyl (C=O) groups excluding carboxylic acids is 2. The van der Waals surface area contributed by atoms with Crippen LogP contribution in [0.2, 0.25) is 0 Å². The van der Waals surface area contributed by atoms with Crippen LogP contribution >= 0.6 is 0 Å². The number of para-hydroxylation sites is 2. The van der Waals surface area contributed by atoms with Crippen LogP contribution in [0.4, 0.5) is 10.5 Å². The second-order valence-corrected chi connectivity index (χ2v) is 5.13. The highest BCUT2D eigenvalue weighted by Gasteiger charge is 2.22. The van der Waals surface area contributed by atoms with E-state index in [0.717, 1.165) is 6.42 Å². The standard InChI is InChI=1S/C15H21N3O4/c1-22-13-6-3-2-5-12(13)17-15(21)16-9-11(19)10-18-8-4-7-14(18)20/h2-3,5-6,11,19H,4,7-10H2,1H3,(H2,16,17,21). The van der Waals surface area contributed by atoms with Gasteiger partial charge < -0.3 is 25.4 Å². The molecule has 1 aliphatic heterocycles. The number of carbonyl (C=O) groups is 2. The van der Waals surface area contributed by atoms with Gasteiger partial charge in [0.2, 0.25) is 5.91 Å². The third-order valence-electron chi connectivity index (χ3n) is 3.46. The van der Waals surface area contributed by atoms with Crippen molar-refractivity contribution in [2.24, 2.45) is 0 Å². The first kappa shape index (κ1) is 16.1. The Morgan fingerprint density at radius 2 is 2.23 bits per heavy atom. The summed E-state index contributed by atoms with van der Waals surface area (Å²) in [6, 6.07) is 6.61. The number of hydrogen-bond acceptors (Lipinski definition) is 4. The minimum Gasteiger partial charge on any atom is -0.495 e. The number of ether oxygens (including phenoxy) is 1. The molecule has 1 unspecified atom stereocenters. The largest absolute Gasteiger partial charge is 0.495 e. The van der Waals surface area contributed by atoms with Gasteiger partial charge in [-0.05, 0) is 18.6 Å². The fourth-order valence-electron chi connectivity index (χ4n) is 2.34. The molecule has 0 bridgehead atoms. The van der Waals surface area contributed by atoms with Gasteiger partial charge in [-0.1, -0.05) is 12.1 Å². The van der Waals surface area contributed by atoms with E-state index in [1.165, 1.54) is 7.11 Å². The van der Waals surface area contributed by atoms with E-state index >= 15 is 0 Å². The topological polar surface area (TPSA) is 90.9 Å². The van der Waals surface area contributed by atoms with Crippen LogP contribution in [0.3, 0.4) is 0 Å². The Morgan fingerprint density at radius 1 is 1.45 bits per heavy atom. The molecule has 22 heavy (non-hydrogen) atoms. The molecule has 0 spiro atoms. The van der Waals surface area contributed by atoms with Crippen molar-refractivity contribution in [1.29, 1.82) is 0 Å². The summed E-state index contributed by atoms with van der Waals surface area (Å²) in [5.74, 6) is 0.610. The van der Waals surface area contributed by atoms with Gasteiger partial charge in [-0.3, -0.25) is 4.79 Å². The first-order chi connectivity index (χ1) is 10.6. The molecule has 0 aliphatic carbocycles. The number of aliphatic hydroxyl groups excluding tert-OH is 1. The van der Waals surface area contributed by atoms with Crippen molar-refractivity contribution in [2.75, 3.05) is 32.1 Å². The van der Waals surface area contributed by atoms with E-state index in [0.29, 0.717) is 24.4 Å². The molecule has 7 nitrogen and oxygen atoms in total. The zero-order chi connectivity index (χ0) is 15.9. The van der Waals surface area contributed by atoms with Crippen LogP contribution in [-0.2, 0) is 4.79 Å². The zero-order valence-corrected chi connectivity index (χ0v) is 12.5. The van der Waals surface area contributed by atoms with Crippen LogP contribution in [0.1, 0.15) is 12.8 Å². The summed E-state index contributed by atoms with van der Waals surface area (Å²) in [7, 11) is 1.52. The molecule has 1 saturated heterocycles. The van der Waals surface area contributed by atoms with Crippen LogP contribution in [0, 0.1) is 0 Å². The van der Waals surface area contributed by atoms with Crippen LogP contribution < -0.4 is 15.4 Å². The van der Waals surface area contributed by atoms with Gasteiger partial charge in [0.15, 0.2) is 0 Å². The van der Waals surface area contributed by atoms with Crippen molar-refractivity contribution >= 4 is 17.6 Å². The minimum absolute atomic E-state index is 0.0533. The maximum Gasteiger partial charge on any atom is 0.319 e. The fourth-order valence-corrected chi connectivity index (χ4v) is 2.34. The number of amides is 3. The second kappa shape index (κ2) is 7.65. The number of hydrogen-bond donors (Lipinski definition) is 3. The number of likely N-dealkylation sites (tertiary alicyclic amines) is 1. The number of anilines is 1. The minimum atomic E-state index is -0.787. The van der Waals surface area contributed by atoms with Crippen LogP contribution in [-0.4, -0.2) is 54.8 Å². The van der Waals surface area contributed by atoms with E-state index in [4.69, 9.17) is 4.74 Å². The number of β-amino-alcohol motifs (C(OH)–C–C–N with tert-alkyl or cyclic N) is 1. The van der Waals surface area contributed by atoms with Crippen molar-refractivity contribution < 1.29 is 19.4 Å². The molecule has 1 aromatic carbocycles. The smallest absolute Gasteiger partial charge is 0.319 e. The number of nitrogens with zero attached hydrogens (tertiary/aromatic N) is 1. The van der Waals surface area contributed by atoms with Gasteiger partial charge >= 0.3 is 6.03 Å². The molecule has 7 heteroatoms. The summed E-state index contributed by atoms with van der Waals surface area (Å²) in [5.41, 5.74) is 0.548.